The van der Waals surface area contributed by atoms with Crippen LogP contribution in [0.15, 0.2) is 36.7 Å². The minimum absolute atomic E-state index is 0.0230. The molecule has 2 N–H and O–H groups in total. The molecule has 0 bridgehead atoms. The molecule has 2 heterocycles. The predicted octanol–water partition coefficient (Wildman–Crippen LogP) is 2.47. The summed E-state index contributed by atoms with van der Waals surface area (Å²) in [5.74, 6) is 0. The topological polar surface area (TPSA) is 51.8 Å². The molecule has 16 heavy (non-hydrogen) atoms. The monoisotopic (exact) mass is 213 g/mol. The normalized spacial score (nSPS) is 12.4. The van der Waals surface area contributed by atoms with Gasteiger partial charge in [0.1, 0.15) is 0 Å². The third kappa shape index (κ3) is 2.25. The van der Waals surface area contributed by atoms with Crippen molar-refractivity contribution < 1.29 is 0 Å². The minimum atomic E-state index is -0.0230. The molecule has 0 fully saturated rings. The molecule has 0 saturated heterocycles. The highest BCUT2D eigenvalue weighted by Gasteiger charge is 2.02. The average Bonchev–Trinajstić information content (AvgIpc) is 2.30. The second-order valence-corrected chi connectivity index (χ2v) is 3.95. The fourth-order valence-electron chi connectivity index (χ4n) is 1.48. The summed E-state index contributed by atoms with van der Waals surface area (Å²) in [7, 11) is 0. The average molecular weight is 213 g/mol. The molecule has 82 valence electrons. The molecule has 1 unspecified atom stereocenters. The Labute approximate surface area is 95.4 Å². The van der Waals surface area contributed by atoms with Crippen molar-refractivity contribution in [3.63, 3.8) is 0 Å². The van der Waals surface area contributed by atoms with Crippen molar-refractivity contribution in [3.8, 4) is 11.1 Å². The Balaban J connectivity index is 2.31. The molecule has 2 rings (SSSR count). The summed E-state index contributed by atoms with van der Waals surface area (Å²) < 4.78 is 0. The van der Waals surface area contributed by atoms with Crippen molar-refractivity contribution in [1.29, 1.82) is 0 Å². The van der Waals surface area contributed by atoms with Crippen molar-refractivity contribution in [2.24, 2.45) is 5.73 Å². The summed E-state index contributed by atoms with van der Waals surface area (Å²) in [5, 5.41) is 0. The summed E-state index contributed by atoms with van der Waals surface area (Å²) in [4.78, 5) is 8.58. The van der Waals surface area contributed by atoms with Crippen molar-refractivity contribution in [2.75, 3.05) is 0 Å². The molecule has 0 radical (unpaired) electrons. The maximum absolute atomic E-state index is 5.75. The Bertz CT molecular complexity index is 458. The van der Waals surface area contributed by atoms with Gasteiger partial charge in [0.15, 0.2) is 0 Å². The predicted molar refractivity (Wildman–Crippen MR) is 64.8 cm³/mol. The van der Waals surface area contributed by atoms with Crippen LogP contribution >= 0.6 is 0 Å². The molecule has 3 heteroatoms. The summed E-state index contributed by atoms with van der Waals surface area (Å²) in [5.41, 5.74) is 9.82. The highest BCUT2D eigenvalue weighted by Crippen LogP contribution is 2.18. The molecule has 0 aromatic carbocycles. The van der Waals surface area contributed by atoms with Crippen LogP contribution in [0, 0.1) is 6.92 Å². The van der Waals surface area contributed by atoms with Crippen molar-refractivity contribution in [2.45, 2.75) is 19.9 Å². The van der Waals surface area contributed by atoms with Gasteiger partial charge < -0.3 is 5.73 Å². The molecule has 0 amide bonds. The summed E-state index contributed by atoms with van der Waals surface area (Å²) >= 11 is 0. The third-order valence-corrected chi connectivity index (χ3v) is 2.50. The summed E-state index contributed by atoms with van der Waals surface area (Å²) in [6.45, 7) is 3.90. The molecule has 3 nitrogen and oxygen atoms in total. The van der Waals surface area contributed by atoms with E-state index in [0.717, 1.165) is 22.5 Å². The maximum atomic E-state index is 5.75. The van der Waals surface area contributed by atoms with Crippen LogP contribution in [0.25, 0.3) is 11.1 Å². The van der Waals surface area contributed by atoms with Gasteiger partial charge in [0, 0.05) is 35.3 Å². The van der Waals surface area contributed by atoms with E-state index in [2.05, 4.69) is 9.97 Å². The zero-order valence-electron chi connectivity index (χ0n) is 9.51. The van der Waals surface area contributed by atoms with Gasteiger partial charge in [-0.3, -0.25) is 9.97 Å². The lowest BCUT2D eigenvalue weighted by molar-refractivity contribution is 0.781. The summed E-state index contributed by atoms with van der Waals surface area (Å²) in [6, 6.07) is 8.00. The summed E-state index contributed by atoms with van der Waals surface area (Å²) in [6.07, 6.45) is 3.70. The highest BCUT2D eigenvalue weighted by molar-refractivity contribution is 5.61. The first-order valence-corrected chi connectivity index (χ1v) is 5.31. The lowest BCUT2D eigenvalue weighted by atomic mass is 10.1. The number of hydrogen-bond donors (Lipinski definition) is 1. The smallest absolute Gasteiger partial charge is 0.0568 e. The van der Waals surface area contributed by atoms with Gasteiger partial charge in [0.25, 0.3) is 0 Å². The van der Waals surface area contributed by atoms with Crippen LogP contribution < -0.4 is 5.73 Å². The van der Waals surface area contributed by atoms with Gasteiger partial charge in [-0.25, -0.2) is 0 Å². The molecule has 0 spiro atoms. The minimum Gasteiger partial charge on any atom is -0.323 e. The Kier molecular flexibility index (Phi) is 2.97. The van der Waals surface area contributed by atoms with Gasteiger partial charge in [-0.05, 0) is 26.0 Å². The molecule has 0 aliphatic heterocycles. The molecular formula is C13H15N3. The van der Waals surface area contributed by atoms with Crippen molar-refractivity contribution in [3.05, 3.63) is 48.0 Å². The van der Waals surface area contributed by atoms with Gasteiger partial charge in [0.05, 0.1) is 5.69 Å². The Morgan fingerprint density at radius 1 is 1.00 bits per heavy atom. The zero-order chi connectivity index (χ0) is 11.5. The largest absolute Gasteiger partial charge is 0.323 e. The maximum Gasteiger partial charge on any atom is 0.0568 e. The van der Waals surface area contributed by atoms with E-state index >= 15 is 0 Å². The number of nitrogens with zero attached hydrogens (tertiary/aromatic N) is 2. The van der Waals surface area contributed by atoms with Crippen LogP contribution in [-0.4, -0.2) is 9.97 Å². The lowest BCUT2D eigenvalue weighted by Gasteiger charge is -2.06. The molecule has 0 aliphatic rings. The van der Waals surface area contributed by atoms with Gasteiger partial charge in [-0.1, -0.05) is 12.1 Å². The van der Waals surface area contributed by atoms with E-state index in [-0.39, 0.29) is 6.04 Å². The van der Waals surface area contributed by atoms with Gasteiger partial charge >= 0.3 is 0 Å². The number of pyridine rings is 2. The molecule has 2 aromatic rings. The zero-order valence-corrected chi connectivity index (χ0v) is 9.51. The first-order chi connectivity index (χ1) is 7.66. The number of aryl methyl sites for hydroxylation is 1. The Morgan fingerprint density at radius 2 is 1.62 bits per heavy atom. The quantitative estimate of drug-likeness (QED) is 0.833. The fraction of sp³-hybridized carbons (Fsp3) is 0.231. The van der Waals surface area contributed by atoms with Gasteiger partial charge in [-0.2, -0.15) is 0 Å². The van der Waals surface area contributed by atoms with Crippen LogP contribution in [0.4, 0.5) is 0 Å². The number of aromatic nitrogens is 2. The Hall–Kier alpha value is -1.74. The van der Waals surface area contributed by atoms with E-state index in [1.54, 1.807) is 0 Å². The Morgan fingerprint density at radius 3 is 2.06 bits per heavy atom. The second kappa shape index (κ2) is 4.41. The highest BCUT2D eigenvalue weighted by atomic mass is 14.8. The molecular weight excluding hydrogens is 198 g/mol. The molecule has 0 saturated carbocycles. The van der Waals surface area contributed by atoms with Crippen LogP contribution in [0.5, 0.6) is 0 Å². The number of rotatable bonds is 2. The fourth-order valence-corrected chi connectivity index (χ4v) is 1.48. The number of nitrogens with two attached hydrogens (primary N) is 1. The van der Waals surface area contributed by atoms with Gasteiger partial charge in [-0.15, -0.1) is 0 Å². The van der Waals surface area contributed by atoms with E-state index < -0.39 is 0 Å². The number of hydrogen-bond acceptors (Lipinski definition) is 3. The molecule has 0 aliphatic carbocycles. The van der Waals surface area contributed by atoms with Crippen molar-refractivity contribution >= 4 is 0 Å². The second-order valence-electron chi connectivity index (χ2n) is 3.95. The lowest BCUT2D eigenvalue weighted by Crippen LogP contribution is -2.06. The van der Waals surface area contributed by atoms with Crippen molar-refractivity contribution in [1.82, 2.24) is 9.97 Å². The van der Waals surface area contributed by atoms with Gasteiger partial charge in [0.2, 0.25) is 0 Å². The van der Waals surface area contributed by atoms with E-state index in [9.17, 15) is 0 Å². The van der Waals surface area contributed by atoms with Crippen LogP contribution in [0.2, 0.25) is 0 Å². The first-order valence-electron chi connectivity index (χ1n) is 5.31. The standard InChI is InChI=1S/C13H15N3/c1-9-3-4-11(7-15-9)12-5-6-13(10(2)14)16-8-12/h3-8,10H,14H2,1-2H3. The van der Waals surface area contributed by atoms with Crippen LogP contribution in [0.1, 0.15) is 24.4 Å². The van der Waals surface area contributed by atoms with Crippen LogP contribution in [0.3, 0.4) is 0 Å². The first kappa shape index (κ1) is 10.8. The van der Waals surface area contributed by atoms with E-state index in [1.807, 2.05) is 50.5 Å². The third-order valence-electron chi connectivity index (χ3n) is 2.50. The molecule has 2 aromatic heterocycles. The van der Waals surface area contributed by atoms with E-state index in [1.165, 1.54) is 0 Å². The van der Waals surface area contributed by atoms with E-state index in [4.69, 9.17) is 5.73 Å². The van der Waals surface area contributed by atoms with Crippen LogP contribution in [-0.2, 0) is 0 Å². The van der Waals surface area contributed by atoms with E-state index in [0.29, 0.717) is 0 Å². The molecule has 1 atom stereocenters. The SMILES string of the molecule is Cc1ccc(-c2ccc(C(C)N)nc2)cn1.